The first-order valence-corrected chi connectivity index (χ1v) is 3.35. The number of hydrogen-bond donors (Lipinski definition) is 0. The highest BCUT2D eigenvalue weighted by molar-refractivity contribution is 7.08. The van der Waals surface area contributed by atoms with Crippen LogP contribution in [0.2, 0.25) is 0 Å². The van der Waals surface area contributed by atoms with E-state index in [0.717, 1.165) is 11.3 Å². The van der Waals surface area contributed by atoms with E-state index in [0.29, 0.717) is 6.29 Å². The molecule has 0 aliphatic heterocycles. The van der Waals surface area contributed by atoms with Crippen molar-refractivity contribution in [1.29, 1.82) is 0 Å². The maximum absolute atomic E-state index is 10.1. The lowest BCUT2D eigenvalue weighted by atomic mass is 10.3. The van der Waals surface area contributed by atoms with Crippen LogP contribution in [0.25, 0.3) is 0 Å². The van der Waals surface area contributed by atoms with E-state index < -0.39 is 4.92 Å². The molecular formula is C5H3NO3S. The molecule has 0 saturated heterocycles. The SMILES string of the molecule is O=Cc1cscc1[N+](=O)[O-]. The number of hydrogen-bond acceptors (Lipinski definition) is 4. The van der Waals surface area contributed by atoms with Crippen molar-refractivity contribution in [3.63, 3.8) is 0 Å². The van der Waals surface area contributed by atoms with Crippen molar-refractivity contribution < 1.29 is 9.72 Å². The average Bonchev–Trinajstić information content (AvgIpc) is 2.33. The third kappa shape index (κ3) is 1.03. The first-order valence-electron chi connectivity index (χ1n) is 2.41. The Labute approximate surface area is 60.3 Å². The van der Waals surface area contributed by atoms with Crippen molar-refractivity contribution in [2.24, 2.45) is 0 Å². The number of carbonyl (C=O) groups is 1. The van der Waals surface area contributed by atoms with Crippen molar-refractivity contribution in [2.45, 2.75) is 0 Å². The lowest BCUT2D eigenvalue weighted by molar-refractivity contribution is -0.384. The van der Waals surface area contributed by atoms with Crippen LogP contribution in [0, 0.1) is 10.1 Å². The van der Waals surface area contributed by atoms with E-state index in [-0.39, 0.29) is 11.3 Å². The highest BCUT2D eigenvalue weighted by Gasteiger charge is 2.12. The van der Waals surface area contributed by atoms with Crippen LogP contribution in [-0.2, 0) is 0 Å². The largest absolute Gasteiger partial charge is 0.298 e. The molecule has 1 aromatic heterocycles. The van der Waals surface area contributed by atoms with E-state index in [9.17, 15) is 14.9 Å². The van der Waals surface area contributed by atoms with Gasteiger partial charge in [-0.2, -0.15) is 0 Å². The third-order valence-electron chi connectivity index (χ3n) is 0.994. The fraction of sp³-hybridized carbons (Fsp3) is 0. The van der Waals surface area contributed by atoms with Gasteiger partial charge < -0.3 is 0 Å². The smallest absolute Gasteiger partial charge is 0.290 e. The van der Waals surface area contributed by atoms with Crippen molar-refractivity contribution in [2.75, 3.05) is 0 Å². The standard InChI is InChI=1S/C5H3NO3S/c7-1-4-2-10-3-5(4)6(8)9/h1-3H. The molecule has 0 radical (unpaired) electrons. The summed E-state index contributed by atoms with van der Waals surface area (Å²) in [5.41, 5.74) is 0.0370. The van der Waals surface area contributed by atoms with Crippen LogP contribution in [0.4, 0.5) is 5.69 Å². The van der Waals surface area contributed by atoms with Crippen molar-refractivity contribution in [3.05, 3.63) is 26.4 Å². The van der Waals surface area contributed by atoms with Gasteiger partial charge in [0.05, 0.1) is 10.3 Å². The molecule has 0 aliphatic carbocycles. The van der Waals surface area contributed by atoms with Crippen molar-refractivity contribution in [3.8, 4) is 0 Å². The number of rotatable bonds is 2. The summed E-state index contributed by atoms with van der Waals surface area (Å²) in [4.78, 5) is 19.6. The Morgan fingerprint density at radius 2 is 2.30 bits per heavy atom. The minimum Gasteiger partial charge on any atom is -0.298 e. The predicted molar refractivity (Wildman–Crippen MR) is 36.4 cm³/mol. The van der Waals surface area contributed by atoms with Gasteiger partial charge in [0.25, 0.3) is 5.69 Å². The molecule has 52 valence electrons. The third-order valence-corrected chi connectivity index (χ3v) is 1.74. The zero-order valence-corrected chi connectivity index (χ0v) is 5.63. The van der Waals surface area contributed by atoms with Crippen LogP contribution in [-0.4, -0.2) is 11.2 Å². The Kier molecular flexibility index (Phi) is 1.77. The number of thiophene rings is 1. The summed E-state index contributed by atoms with van der Waals surface area (Å²) >= 11 is 1.15. The van der Waals surface area contributed by atoms with Crippen LogP contribution in [0.15, 0.2) is 10.8 Å². The van der Waals surface area contributed by atoms with Gasteiger partial charge in [0.15, 0.2) is 6.29 Å². The van der Waals surface area contributed by atoms with Gasteiger partial charge in [0, 0.05) is 5.38 Å². The summed E-state index contributed by atoms with van der Waals surface area (Å²) in [5, 5.41) is 12.9. The topological polar surface area (TPSA) is 60.2 Å². The molecule has 1 rings (SSSR count). The second-order valence-corrected chi connectivity index (χ2v) is 2.33. The average molecular weight is 157 g/mol. The molecule has 4 nitrogen and oxygen atoms in total. The molecule has 0 aliphatic rings. The van der Waals surface area contributed by atoms with E-state index in [4.69, 9.17) is 0 Å². The molecule has 0 aromatic carbocycles. The van der Waals surface area contributed by atoms with Crippen molar-refractivity contribution >= 4 is 23.3 Å². The Hall–Kier alpha value is -1.23. The fourth-order valence-corrected chi connectivity index (χ4v) is 1.28. The first kappa shape index (κ1) is 6.88. The first-order chi connectivity index (χ1) is 4.75. The molecule has 0 N–H and O–H groups in total. The van der Waals surface area contributed by atoms with Gasteiger partial charge in [-0.05, 0) is 0 Å². The minimum atomic E-state index is -0.569. The molecule has 1 aromatic rings. The van der Waals surface area contributed by atoms with E-state index in [2.05, 4.69) is 0 Å². The summed E-state index contributed by atoms with van der Waals surface area (Å²) in [7, 11) is 0. The molecule has 0 spiro atoms. The maximum atomic E-state index is 10.1. The quantitative estimate of drug-likeness (QED) is 0.371. The Balaban J connectivity index is 3.13. The number of nitro groups is 1. The molecule has 0 unspecified atom stereocenters. The molecule has 0 fully saturated rings. The van der Waals surface area contributed by atoms with Crippen molar-refractivity contribution in [1.82, 2.24) is 0 Å². The molecule has 0 atom stereocenters. The molecule has 0 amide bonds. The number of aldehydes is 1. The molecule has 5 heteroatoms. The Morgan fingerprint density at radius 1 is 1.60 bits per heavy atom. The second kappa shape index (κ2) is 2.57. The molecule has 1 heterocycles. The van der Waals surface area contributed by atoms with E-state index in [1.165, 1.54) is 10.8 Å². The fourth-order valence-electron chi connectivity index (χ4n) is 0.537. The Bertz CT molecular complexity index is 268. The lowest BCUT2D eigenvalue weighted by Gasteiger charge is -1.83. The number of nitrogens with zero attached hydrogens (tertiary/aromatic N) is 1. The van der Waals surface area contributed by atoms with Crippen LogP contribution in [0.5, 0.6) is 0 Å². The van der Waals surface area contributed by atoms with Gasteiger partial charge in [-0.15, -0.1) is 11.3 Å². The van der Waals surface area contributed by atoms with Gasteiger partial charge in [-0.25, -0.2) is 0 Å². The normalized spacial score (nSPS) is 9.20. The van der Waals surface area contributed by atoms with Crippen LogP contribution in [0.1, 0.15) is 10.4 Å². The van der Waals surface area contributed by atoms with E-state index in [1.807, 2.05) is 0 Å². The molecule has 0 saturated carbocycles. The maximum Gasteiger partial charge on any atom is 0.290 e. The summed E-state index contributed by atoms with van der Waals surface area (Å²) in [6.45, 7) is 0. The zero-order valence-electron chi connectivity index (χ0n) is 4.81. The molecule has 0 bridgehead atoms. The van der Waals surface area contributed by atoms with Gasteiger partial charge in [-0.1, -0.05) is 0 Å². The highest BCUT2D eigenvalue weighted by atomic mass is 32.1. The van der Waals surface area contributed by atoms with Gasteiger partial charge in [0.2, 0.25) is 0 Å². The van der Waals surface area contributed by atoms with Crippen LogP contribution < -0.4 is 0 Å². The zero-order chi connectivity index (χ0) is 7.56. The Morgan fingerprint density at radius 3 is 2.70 bits per heavy atom. The summed E-state index contributed by atoms with van der Waals surface area (Å²) < 4.78 is 0. The van der Waals surface area contributed by atoms with E-state index in [1.54, 1.807) is 0 Å². The van der Waals surface area contributed by atoms with Crippen LogP contribution in [0.3, 0.4) is 0 Å². The van der Waals surface area contributed by atoms with Crippen LogP contribution >= 0.6 is 11.3 Å². The second-order valence-electron chi connectivity index (χ2n) is 1.59. The summed E-state index contributed by atoms with van der Waals surface area (Å²) in [6, 6.07) is 0. The van der Waals surface area contributed by atoms with Gasteiger partial charge in [0.1, 0.15) is 5.56 Å². The minimum absolute atomic E-state index is 0.111. The molecule has 10 heavy (non-hydrogen) atoms. The monoisotopic (exact) mass is 157 g/mol. The summed E-state index contributed by atoms with van der Waals surface area (Å²) in [5.74, 6) is 0. The van der Waals surface area contributed by atoms with Gasteiger partial charge in [-0.3, -0.25) is 14.9 Å². The predicted octanol–water partition coefficient (Wildman–Crippen LogP) is 1.47. The number of carbonyl (C=O) groups excluding carboxylic acids is 1. The van der Waals surface area contributed by atoms with E-state index >= 15 is 0 Å². The lowest BCUT2D eigenvalue weighted by Crippen LogP contribution is -1.88. The highest BCUT2D eigenvalue weighted by Crippen LogP contribution is 2.20. The molecular weight excluding hydrogens is 154 g/mol. The summed E-state index contributed by atoms with van der Waals surface area (Å²) in [6.07, 6.45) is 0.481. The van der Waals surface area contributed by atoms with Gasteiger partial charge >= 0.3 is 0 Å².